The van der Waals surface area contributed by atoms with Gasteiger partial charge in [-0.3, -0.25) is 4.79 Å². The molecule has 1 unspecified atom stereocenters. The van der Waals surface area contributed by atoms with E-state index in [1.54, 1.807) is 4.90 Å². The van der Waals surface area contributed by atoms with Gasteiger partial charge in [-0.2, -0.15) is 11.8 Å². The Morgan fingerprint density at radius 2 is 1.94 bits per heavy atom. The number of piperidine rings is 1. The minimum absolute atomic E-state index is 0.0614. The molecular formula is C12H20N2O3S. The van der Waals surface area contributed by atoms with Gasteiger partial charge in [0.2, 0.25) is 0 Å². The molecule has 0 radical (unpaired) electrons. The van der Waals surface area contributed by atoms with Gasteiger partial charge < -0.3 is 14.9 Å². The quantitative estimate of drug-likeness (QED) is 0.824. The molecule has 2 fully saturated rings. The predicted octanol–water partition coefficient (Wildman–Crippen LogP) is 1.34. The largest absolute Gasteiger partial charge is 0.481 e. The van der Waals surface area contributed by atoms with Gasteiger partial charge in [-0.05, 0) is 25.0 Å². The predicted molar refractivity (Wildman–Crippen MR) is 70.8 cm³/mol. The van der Waals surface area contributed by atoms with Crippen LogP contribution in [0.2, 0.25) is 0 Å². The number of likely N-dealkylation sites (tertiary alicyclic amines) is 1. The summed E-state index contributed by atoms with van der Waals surface area (Å²) in [6, 6.07) is 0.408. The molecule has 1 atom stereocenters. The van der Waals surface area contributed by atoms with Crippen LogP contribution in [0.15, 0.2) is 0 Å². The highest BCUT2D eigenvalue weighted by molar-refractivity contribution is 7.99. The SMILES string of the molecule is CN(C(=O)N1CCC(C(=O)O)CC1)C1CCSC1. The van der Waals surface area contributed by atoms with Crippen molar-refractivity contribution in [2.75, 3.05) is 31.6 Å². The van der Waals surface area contributed by atoms with Crippen LogP contribution in [0, 0.1) is 5.92 Å². The van der Waals surface area contributed by atoms with Gasteiger partial charge in [0.15, 0.2) is 0 Å². The van der Waals surface area contributed by atoms with E-state index in [1.807, 2.05) is 23.7 Å². The first-order chi connectivity index (χ1) is 8.59. The van der Waals surface area contributed by atoms with E-state index in [0.29, 0.717) is 32.0 Å². The second kappa shape index (κ2) is 5.82. The molecule has 18 heavy (non-hydrogen) atoms. The van der Waals surface area contributed by atoms with Crippen molar-refractivity contribution in [1.82, 2.24) is 9.80 Å². The number of carboxylic acids is 1. The van der Waals surface area contributed by atoms with Gasteiger partial charge in [0, 0.05) is 31.9 Å². The summed E-state index contributed by atoms with van der Waals surface area (Å²) in [5.74, 6) is 1.14. The van der Waals surface area contributed by atoms with Crippen LogP contribution in [0.25, 0.3) is 0 Å². The number of rotatable bonds is 2. The molecule has 2 aliphatic rings. The highest BCUT2D eigenvalue weighted by atomic mass is 32.2. The number of thioether (sulfide) groups is 1. The lowest BCUT2D eigenvalue weighted by Gasteiger charge is -2.35. The molecule has 0 aromatic heterocycles. The monoisotopic (exact) mass is 272 g/mol. The fourth-order valence-electron chi connectivity index (χ4n) is 2.52. The normalized spacial score (nSPS) is 25.2. The van der Waals surface area contributed by atoms with Crippen LogP contribution in [-0.4, -0.2) is 64.6 Å². The zero-order chi connectivity index (χ0) is 13.1. The van der Waals surface area contributed by atoms with Crippen LogP contribution < -0.4 is 0 Å². The van der Waals surface area contributed by atoms with Crippen molar-refractivity contribution in [2.45, 2.75) is 25.3 Å². The van der Waals surface area contributed by atoms with Crippen molar-refractivity contribution < 1.29 is 14.7 Å². The van der Waals surface area contributed by atoms with Crippen LogP contribution >= 0.6 is 11.8 Å². The van der Waals surface area contributed by atoms with E-state index in [2.05, 4.69) is 0 Å². The van der Waals surface area contributed by atoms with Crippen molar-refractivity contribution in [2.24, 2.45) is 5.92 Å². The molecule has 0 aliphatic carbocycles. The topological polar surface area (TPSA) is 60.9 Å². The minimum Gasteiger partial charge on any atom is -0.481 e. The van der Waals surface area contributed by atoms with Crippen molar-refractivity contribution >= 4 is 23.8 Å². The zero-order valence-electron chi connectivity index (χ0n) is 10.7. The Bertz CT molecular complexity index is 323. The molecule has 0 aromatic rings. The molecule has 1 N–H and O–H groups in total. The molecule has 102 valence electrons. The average molecular weight is 272 g/mol. The van der Waals surface area contributed by atoms with E-state index in [1.165, 1.54) is 0 Å². The molecule has 5 nitrogen and oxygen atoms in total. The third-order valence-corrected chi connectivity index (χ3v) is 5.01. The summed E-state index contributed by atoms with van der Waals surface area (Å²) in [6.45, 7) is 1.14. The van der Waals surface area contributed by atoms with E-state index in [9.17, 15) is 9.59 Å². The van der Waals surface area contributed by atoms with Gasteiger partial charge >= 0.3 is 12.0 Å². The molecule has 2 saturated heterocycles. The second-order valence-electron chi connectivity index (χ2n) is 5.01. The van der Waals surface area contributed by atoms with E-state index in [4.69, 9.17) is 5.11 Å². The van der Waals surface area contributed by atoms with Crippen LogP contribution in [0.3, 0.4) is 0 Å². The minimum atomic E-state index is -0.734. The Labute approximate surface area is 112 Å². The Morgan fingerprint density at radius 3 is 2.44 bits per heavy atom. The number of urea groups is 1. The van der Waals surface area contributed by atoms with E-state index >= 15 is 0 Å². The molecule has 2 aliphatic heterocycles. The van der Waals surface area contributed by atoms with Crippen LogP contribution in [0.4, 0.5) is 4.79 Å². The van der Waals surface area contributed by atoms with Crippen LogP contribution in [0.1, 0.15) is 19.3 Å². The number of aliphatic carboxylic acids is 1. The number of nitrogens with zero attached hydrogens (tertiary/aromatic N) is 2. The molecule has 0 bridgehead atoms. The number of amides is 2. The standard InChI is InChI=1S/C12H20N2O3S/c1-13(10-4-7-18-8-10)12(17)14-5-2-9(3-6-14)11(15)16/h9-10H,2-8H2,1H3,(H,15,16). The molecule has 0 saturated carbocycles. The first-order valence-electron chi connectivity index (χ1n) is 6.42. The average Bonchev–Trinajstić information content (AvgIpc) is 2.91. The lowest BCUT2D eigenvalue weighted by molar-refractivity contribution is -0.143. The first kappa shape index (κ1) is 13.5. The Balaban J connectivity index is 1.85. The van der Waals surface area contributed by atoms with Gasteiger partial charge in [0.25, 0.3) is 0 Å². The smallest absolute Gasteiger partial charge is 0.320 e. The van der Waals surface area contributed by atoms with Crippen LogP contribution in [0.5, 0.6) is 0 Å². The number of carbonyl (C=O) groups excluding carboxylic acids is 1. The Kier molecular flexibility index (Phi) is 4.37. The van der Waals surface area contributed by atoms with E-state index in [0.717, 1.165) is 17.9 Å². The lowest BCUT2D eigenvalue weighted by Crippen LogP contribution is -2.49. The first-order valence-corrected chi connectivity index (χ1v) is 7.57. The zero-order valence-corrected chi connectivity index (χ0v) is 11.5. The molecule has 2 heterocycles. The van der Waals surface area contributed by atoms with Crippen molar-refractivity contribution in [3.05, 3.63) is 0 Å². The van der Waals surface area contributed by atoms with Crippen molar-refractivity contribution in [3.63, 3.8) is 0 Å². The molecule has 0 spiro atoms. The van der Waals surface area contributed by atoms with Gasteiger partial charge in [-0.25, -0.2) is 4.79 Å². The number of carbonyl (C=O) groups is 2. The fourth-order valence-corrected chi connectivity index (χ4v) is 3.79. The number of hydrogen-bond donors (Lipinski definition) is 1. The van der Waals surface area contributed by atoms with Crippen LogP contribution in [-0.2, 0) is 4.79 Å². The summed E-state index contributed by atoms with van der Waals surface area (Å²) in [7, 11) is 1.86. The van der Waals surface area contributed by atoms with Gasteiger partial charge in [-0.1, -0.05) is 0 Å². The van der Waals surface area contributed by atoms with Crippen molar-refractivity contribution in [3.8, 4) is 0 Å². The Morgan fingerprint density at radius 1 is 1.28 bits per heavy atom. The van der Waals surface area contributed by atoms with E-state index in [-0.39, 0.29) is 11.9 Å². The van der Waals surface area contributed by atoms with Crippen molar-refractivity contribution in [1.29, 1.82) is 0 Å². The maximum Gasteiger partial charge on any atom is 0.320 e. The summed E-state index contributed by atoms with van der Waals surface area (Å²) >= 11 is 1.89. The number of carboxylic acid groups (broad SMARTS) is 1. The summed E-state index contributed by atoms with van der Waals surface area (Å²) in [5, 5.41) is 8.93. The molecule has 2 amide bonds. The van der Waals surface area contributed by atoms with Gasteiger partial charge in [0.1, 0.15) is 0 Å². The highest BCUT2D eigenvalue weighted by Crippen LogP contribution is 2.24. The molecule has 2 rings (SSSR count). The van der Waals surface area contributed by atoms with Gasteiger partial charge in [0.05, 0.1) is 5.92 Å². The maximum absolute atomic E-state index is 12.3. The third-order valence-electron chi connectivity index (χ3n) is 3.87. The summed E-state index contributed by atoms with van der Waals surface area (Å²) in [6.07, 6.45) is 2.22. The molecule has 6 heteroatoms. The summed E-state index contributed by atoms with van der Waals surface area (Å²) < 4.78 is 0. The lowest BCUT2D eigenvalue weighted by atomic mass is 9.97. The highest BCUT2D eigenvalue weighted by Gasteiger charge is 2.31. The molecule has 0 aromatic carbocycles. The second-order valence-corrected chi connectivity index (χ2v) is 6.16. The fraction of sp³-hybridized carbons (Fsp3) is 0.833. The summed E-state index contributed by atoms with van der Waals surface area (Å²) in [5.41, 5.74) is 0. The Hall–Kier alpha value is -0.910. The molecular weight excluding hydrogens is 252 g/mol. The number of hydrogen-bond acceptors (Lipinski definition) is 3. The van der Waals surface area contributed by atoms with Gasteiger partial charge in [-0.15, -0.1) is 0 Å². The van der Waals surface area contributed by atoms with E-state index < -0.39 is 5.97 Å². The third kappa shape index (κ3) is 2.91. The maximum atomic E-state index is 12.3. The summed E-state index contributed by atoms with van der Waals surface area (Å²) in [4.78, 5) is 26.7.